The highest BCUT2D eigenvalue weighted by molar-refractivity contribution is 5.85. The fourth-order valence-electron chi connectivity index (χ4n) is 1.18. The van der Waals surface area contributed by atoms with Crippen molar-refractivity contribution in [3.8, 4) is 0 Å². The maximum atomic E-state index is 10.9. The molecule has 1 aliphatic rings. The summed E-state index contributed by atoms with van der Waals surface area (Å²) < 4.78 is 4.54. The number of hydrogen-bond donors (Lipinski definition) is 1. The van der Waals surface area contributed by atoms with Gasteiger partial charge in [-0.1, -0.05) is 0 Å². The summed E-state index contributed by atoms with van der Waals surface area (Å²) in [5, 5.41) is 1.53. The molecule has 5 heteroatoms. The maximum absolute atomic E-state index is 10.9. The van der Waals surface area contributed by atoms with E-state index in [1.807, 2.05) is 0 Å². The molecule has 2 N–H and O–H groups in total. The van der Waals surface area contributed by atoms with Gasteiger partial charge in [-0.15, -0.1) is 12.4 Å². The molecule has 0 saturated carbocycles. The number of carbonyl (C=O) groups excluding carboxylic acids is 1. The van der Waals surface area contributed by atoms with Crippen LogP contribution < -0.4 is 5.84 Å². The van der Waals surface area contributed by atoms with Crippen LogP contribution in [0.5, 0.6) is 0 Å². The molecule has 0 aromatic carbocycles. The SMILES string of the molecule is COC(=O)C1CCCN1N.Cl. The third kappa shape index (κ3) is 2.32. The van der Waals surface area contributed by atoms with Crippen molar-refractivity contribution in [3.63, 3.8) is 0 Å². The Morgan fingerprint density at radius 2 is 2.36 bits per heavy atom. The molecule has 1 saturated heterocycles. The van der Waals surface area contributed by atoms with Gasteiger partial charge >= 0.3 is 5.97 Å². The molecule has 66 valence electrons. The van der Waals surface area contributed by atoms with Crippen molar-refractivity contribution >= 4 is 18.4 Å². The van der Waals surface area contributed by atoms with Crippen molar-refractivity contribution in [2.24, 2.45) is 5.84 Å². The normalized spacial score (nSPS) is 24.4. The van der Waals surface area contributed by atoms with Crippen molar-refractivity contribution in [2.75, 3.05) is 13.7 Å². The number of carbonyl (C=O) groups is 1. The number of methoxy groups -OCH3 is 1. The summed E-state index contributed by atoms with van der Waals surface area (Å²) in [6.07, 6.45) is 1.81. The summed E-state index contributed by atoms with van der Waals surface area (Å²) in [6.45, 7) is 0.791. The average molecular weight is 181 g/mol. The summed E-state index contributed by atoms with van der Waals surface area (Å²) in [4.78, 5) is 10.9. The van der Waals surface area contributed by atoms with Crippen molar-refractivity contribution in [2.45, 2.75) is 18.9 Å². The minimum Gasteiger partial charge on any atom is -0.468 e. The van der Waals surface area contributed by atoms with Crippen LogP contribution in [0.2, 0.25) is 0 Å². The monoisotopic (exact) mass is 180 g/mol. The zero-order chi connectivity index (χ0) is 7.56. The van der Waals surface area contributed by atoms with E-state index in [1.54, 1.807) is 0 Å². The first kappa shape index (κ1) is 10.7. The largest absolute Gasteiger partial charge is 0.468 e. The van der Waals surface area contributed by atoms with Gasteiger partial charge in [-0.3, -0.25) is 10.6 Å². The third-order valence-electron chi connectivity index (χ3n) is 1.77. The Morgan fingerprint density at radius 3 is 2.73 bits per heavy atom. The molecule has 4 nitrogen and oxygen atoms in total. The Hall–Kier alpha value is -0.320. The first-order valence-electron chi connectivity index (χ1n) is 3.35. The third-order valence-corrected chi connectivity index (χ3v) is 1.77. The van der Waals surface area contributed by atoms with Gasteiger partial charge < -0.3 is 4.74 Å². The van der Waals surface area contributed by atoms with Gasteiger partial charge in [-0.25, -0.2) is 5.01 Å². The van der Waals surface area contributed by atoms with E-state index in [-0.39, 0.29) is 24.4 Å². The number of halogens is 1. The lowest BCUT2D eigenvalue weighted by Crippen LogP contribution is -2.41. The first-order chi connectivity index (χ1) is 4.75. The quantitative estimate of drug-likeness (QED) is 0.453. The van der Waals surface area contributed by atoms with Crippen LogP contribution in [0.1, 0.15) is 12.8 Å². The van der Waals surface area contributed by atoms with Crippen LogP contribution in [0.3, 0.4) is 0 Å². The molecule has 0 aromatic heterocycles. The van der Waals surface area contributed by atoms with E-state index < -0.39 is 0 Å². The zero-order valence-corrected chi connectivity index (χ0v) is 7.26. The van der Waals surface area contributed by atoms with Gasteiger partial charge in [0.25, 0.3) is 0 Å². The number of hydrogen-bond acceptors (Lipinski definition) is 4. The molecule has 1 atom stereocenters. The number of esters is 1. The Kier molecular flexibility index (Phi) is 4.40. The van der Waals surface area contributed by atoms with Crippen molar-refractivity contribution < 1.29 is 9.53 Å². The fraction of sp³-hybridized carbons (Fsp3) is 0.833. The summed E-state index contributed by atoms with van der Waals surface area (Å²) in [7, 11) is 1.38. The molecule has 0 aromatic rings. The van der Waals surface area contributed by atoms with Gasteiger partial charge in [-0.05, 0) is 12.8 Å². The summed E-state index contributed by atoms with van der Waals surface area (Å²) >= 11 is 0. The van der Waals surface area contributed by atoms with Crippen LogP contribution >= 0.6 is 12.4 Å². The molecule has 1 rings (SSSR count). The number of hydrazine groups is 1. The van der Waals surface area contributed by atoms with E-state index in [2.05, 4.69) is 4.74 Å². The molecular weight excluding hydrogens is 168 g/mol. The van der Waals surface area contributed by atoms with Gasteiger partial charge in [-0.2, -0.15) is 0 Å². The lowest BCUT2D eigenvalue weighted by Gasteiger charge is -2.15. The predicted molar refractivity (Wildman–Crippen MR) is 43.2 cm³/mol. The molecule has 11 heavy (non-hydrogen) atoms. The van der Waals surface area contributed by atoms with Crippen LogP contribution in [0, 0.1) is 0 Å². The number of nitrogens with two attached hydrogens (primary N) is 1. The molecule has 0 aliphatic carbocycles. The molecule has 1 heterocycles. The predicted octanol–water partition coefficient (Wildman–Crippen LogP) is -0.0807. The van der Waals surface area contributed by atoms with Crippen LogP contribution in [0.4, 0.5) is 0 Å². The molecule has 0 spiro atoms. The topological polar surface area (TPSA) is 55.6 Å². The average Bonchev–Trinajstić information content (AvgIpc) is 2.34. The van der Waals surface area contributed by atoms with Crippen molar-refractivity contribution in [1.82, 2.24) is 5.01 Å². The van der Waals surface area contributed by atoms with E-state index in [4.69, 9.17) is 5.84 Å². The second-order valence-electron chi connectivity index (χ2n) is 2.42. The number of rotatable bonds is 1. The van der Waals surface area contributed by atoms with Gasteiger partial charge in [0.15, 0.2) is 0 Å². The summed E-state index contributed by atoms with van der Waals surface area (Å²) in [5.41, 5.74) is 0. The molecule has 1 aliphatic heterocycles. The second-order valence-corrected chi connectivity index (χ2v) is 2.42. The lowest BCUT2D eigenvalue weighted by atomic mass is 10.2. The number of ether oxygens (including phenoxy) is 1. The second kappa shape index (κ2) is 4.54. The molecular formula is C6H13ClN2O2. The standard InChI is InChI=1S/C6H12N2O2.ClH/c1-10-6(9)5-3-2-4-8(5)7;/h5H,2-4,7H2,1H3;1H. The Balaban J connectivity index is 0.000001000. The lowest BCUT2D eigenvalue weighted by molar-refractivity contribution is -0.145. The minimum absolute atomic E-state index is 0. The van der Waals surface area contributed by atoms with Gasteiger partial charge in [0.1, 0.15) is 6.04 Å². The first-order valence-corrected chi connectivity index (χ1v) is 3.35. The highest BCUT2D eigenvalue weighted by Crippen LogP contribution is 2.13. The summed E-state index contributed by atoms with van der Waals surface area (Å²) in [5.74, 6) is 5.27. The Labute approximate surface area is 72.1 Å². The van der Waals surface area contributed by atoms with E-state index in [1.165, 1.54) is 12.1 Å². The smallest absolute Gasteiger partial charge is 0.324 e. The van der Waals surface area contributed by atoms with Crippen molar-refractivity contribution in [1.29, 1.82) is 0 Å². The van der Waals surface area contributed by atoms with E-state index in [9.17, 15) is 4.79 Å². The Morgan fingerprint density at radius 1 is 1.73 bits per heavy atom. The van der Waals surface area contributed by atoms with Gasteiger partial charge in [0.05, 0.1) is 7.11 Å². The molecule has 0 radical (unpaired) electrons. The fourth-order valence-corrected chi connectivity index (χ4v) is 1.18. The minimum atomic E-state index is -0.222. The highest BCUT2D eigenvalue weighted by Gasteiger charge is 2.28. The van der Waals surface area contributed by atoms with E-state index in [0.29, 0.717) is 0 Å². The molecule has 1 unspecified atom stereocenters. The highest BCUT2D eigenvalue weighted by atomic mass is 35.5. The Bertz CT molecular complexity index is 143. The molecule has 0 bridgehead atoms. The van der Waals surface area contributed by atoms with Crippen LogP contribution in [0.15, 0.2) is 0 Å². The van der Waals surface area contributed by atoms with Gasteiger partial charge in [0.2, 0.25) is 0 Å². The van der Waals surface area contributed by atoms with Crippen LogP contribution in [0.25, 0.3) is 0 Å². The summed E-state index contributed by atoms with van der Waals surface area (Å²) in [6, 6.07) is -0.204. The maximum Gasteiger partial charge on any atom is 0.324 e. The molecule has 1 fully saturated rings. The van der Waals surface area contributed by atoms with E-state index >= 15 is 0 Å². The van der Waals surface area contributed by atoms with Gasteiger partial charge in [0, 0.05) is 6.54 Å². The molecule has 0 amide bonds. The van der Waals surface area contributed by atoms with Crippen LogP contribution in [-0.4, -0.2) is 30.7 Å². The zero-order valence-electron chi connectivity index (χ0n) is 6.45. The number of nitrogens with zero attached hydrogens (tertiary/aromatic N) is 1. The van der Waals surface area contributed by atoms with E-state index in [0.717, 1.165) is 19.4 Å². The van der Waals surface area contributed by atoms with Crippen molar-refractivity contribution in [3.05, 3.63) is 0 Å². The van der Waals surface area contributed by atoms with Crippen LogP contribution in [-0.2, 0) is 9.53 Å².